The quantitative estimate of drug-likeness (QED) is 0.675. The molecule has 6 nitrogen and oxygen atoms in total. The van der Waals surface area contributed by atoms with Gasteiger partial charge in [-0.2, -0.15) is 0 Å². The van der Waals surface area contributed by atoms with Crippen molar-refractivity contribution in [2.75, 3.05) is 5.32 Å². The summed E-state index contributed by atoms with van der Waals surface area (Å²) in [5.74, 6) is -0.416. The summed E-state index contributed by atoms with van der Waals surface area (Å²) in [4.78, 5) is 26.5. The molecule has 0 fully saturated rings. The van der Waals surface area contributed by atoms with Crippen molar-refractivity contribution in [3.8, 4) is 0 Å². The molecule has 0 radical (unpaired) electrons. The van der Waals surface area contributed by atoms with E-state index in [9.17, 15) is 14.9 Å². The van der Waals surface area contributed by atoms with Crippen LogP contribution in [0.3, 0.4) is 0 Å². The number of carbonyl (C=O) groups excluding carboxylic acids is 1. The molecule has 2 aromatic rings. The normalized spacial score (nSPS) is 10.2. The lowest BCUT2D eigenvalue weighted by Gasteiger charge is -2.06. The molecule has 1 aromatic carbocycles. The van der Waals surface area contributed by atoms with Crippen LogP contribution in [0.15, 0.2) is 41.0 Å². The molecule has 0 unspecified atom stereocenters. The van der Waals surface area contributed by atoms with Crippen LogP contribution >= 0.6 is 15.9 Å². The Morgan fingerprint density at radius 3 is 2.71 bits per heavy atom. The minimum Gasteiger partial charge on any atom is -0.320 e. The van der Waals surface area contributed by atoms with Crippen LogP contribution in [0, 0.1) is 10.1 Å². The van der Waals surface area contributed by atoms with E-state index < -0.39 is 10.8 Å². The van der Waals surface area contributed by atoms with Crippen molar-refractivity contribution in [1.82, 2.24) is 4.98 Å². The van der Waals surface area contributed by atoms with Gasteiger partial charge in [0.25, 0.3) is 11.6 Å². The number of aromatic nitrogens is 1. The summed E-state index contributed by atoms with van der Waals surface area (Å²) in [6.07, 6.45) is 2.07. The van der Waals surface area contributed by atoms with E-state index in [1.54, 1.807) is 24.3 Å². The molecular weight excluding hydrogens is 338 g/mol. The Labute approximate surface area is 129 Å². The highest BCUT2D eigenvalue weighted by molar-refractivity contribution is 9.10. The van der Waals surface area contributed by atoms with Crippen molar-refractivity contribution in [2.24, 2.45) is 0 Å². The van der Waals surface area contributed by atoms with Crippen LogP contribution in [-0.4, -0.2) is 15.8 Å². The maximum atomic E-state index is 12.0. The second-order valence-electron chi connectivity index (χ2n) is 4.27. The molecule has 1 amide bonds. The molecule has 1 N–H and O–H groups in total. The first-order valence-corrected chi connectivity index (χ1v) is 7.00. The van der Waals surface area contributed by atoms with Crippen molar-refractivity contribution in [1.29, 1.82) is 0 Å². The Morgan fingerprint density at radius 2 is 2.14 bits per heavy atom. The van der Waals surface area contributed by atoms with Gasteiger partial charge in [0.2, 0.25) is 0 Å². The number of carbonyl (C=O) groups is 1. The molecule has 0 atom stereocenters. The van der Waals surface area contributed by atoms with Crippen molar-refractivity contribution in [2.45, 2.75) is 13.3 Å². The summed E-state index contributed by atoms with van der Waals surface area (Å²) in [5, 5.41) is 13.6. The molecule has 21 heavy (non-hydrogen) atoms. The van der Waals surface area contributed by atoms with Crippen LogP contribution in [0.25, 0.3) is 0 Å². The van der Waals surface area contributed by atoms with Crippen molar-refractivity contribution < 1.29 is 9.72 Å². The number of pyridine rings is 1. The first-order chi connectivity index (χ1) is 10.0. The molecule has 0 spiro atoms. The van der Waals surface area contributed by atoms with Gasteiger partial charge in [0, 0.05) is 28.0 Å². The molecule has 108 valence electrons. The van der Waals surface area contributed by atoms with Gasteiger partial charge in [-0.05, 0) is 40.5 Å². The average Bonchev–Trinajstić information content (AvgIpc) is 2.47. The number of anilines is 1. The first kappa shape index (κ1) is 15.1. The number of rotatable bonds is 4. The van der Waals surface area contributed by atoms with E-state index in [-0.39, 0.29) is 11.4 Å². The van der Waals surface area contributed by atoms with Gasteiger partial charge >= 0.3 is 0 Å². The fourth-order valence-electron chi connectivity index (χ4n) is 1.82. The Kier molecular flexibility index (Phi) is 4.64. The highest BCUT2D eigenvalue weighted by Crippen LogP contribution is 2.24. The van der Waals surface area contributed by atoms with Gasteiger partial charge in [0.1, 0.15) is 5.69 Å². The number of nitrogens with one attached hydrogen (secondary N) is 1. The number of amides is 1. The monoisotopic (exact) mass is 349 g/mol. The number of aryl methyl sites for hydroxylation is 1. The highest BCUT2D eigenvalue weighted by Gasteiger charge is 2.15. The van der Waals surface area contributed by atoms with Crippen molar-refractivity contribution in [3.63, 3.8) is 0 Å². The van der Waals surface area contributed by atoms with Crippen LogP contribution in [0.2, 0.25) is 0 Å². The summed E-state index contributed by atoms with van der Waals surface area (Å²) in [7, 11) is 0. The minimum atomic E-state index is -0.452. The number of hydrogen-bond donors (Lipinski definition) is 1. The molecule has 0 aliphatic carbocycles. The predicted octanol–water partition coefficient (Wildman–Crippen LogP) is 3.57. The molecule has 1 aromatic heterocycles. The summed E-state index contributed by atoms with van der Waals surface area (Å²) >= 11 is 3.23. The zero-order valence-corrected chi connectivity index (χ0v) is 12.8. The molecule has 0 saturated carbocycles. The van der Waals surface area contributed by atoms with Gasteiger partial charge in [0.15, 0.2) is 0 Å². The van der Waals surface area contributed by atoms with Gasteiger partial charge in [-0.1, -0.05) is 13.0 Å². The van der Waals surface area contributed by atoms with E-state index in [1.165, 1.54) is 12.3 Å². The fourth-order valence-corrected chi connectivity index (χ4v) is 2.05. The number of nitro groups is 1. The smallest absolute Gasteiger partial charge is 0.274 e. The SMILES string of the molecule is CCc1ccc(NC(=O)c2ccc(Br)cn2)cc1[N+](=O)[O-]. The summed E-state index contributed by atoms with van der Waals surface area (Å²) in [5.41, 5.74) is 1.23. The Hall–Kier alpha value is -2.28. The Morgan fingerprint density at radius 1 is 1.38 bits per heavy atom. The van der Waals surface area contributed by atoms with Gasteiger partial charge in [-0.15, -0.1) is 0 Å². The van der Waals surface area contributed by atoms with E-state index in [2.05, 4.69) is 26.2 Å². The third-order valence-corrected chi connectivity index (χ3v) is 3.35. The van der Waals surface area contributed by atoms with Crippen LogP contribution in [0.4, 0.5) is 11.4 Å². The Bertz CT molecular complexity index is 686. The summed E-state index contributed by atoms with van der Waals surface area (Å²) in [6, 6.07) is 7.90. The van der Waals surface area contributed by atoms with Crippen molar-refractivity contribution >= 4 is 33.2 Å². The van der Waals surface area contributed by atoms with Gasteiger partial charge in [-0.25, -0.2) is 4.98 Å². The van der Waals surface area contributed by atoms with Crippen molar-refractivity contribution in [3.05, 3.63) is 62.4 Å². The molecule has 0 aliphatic heterocycles. The zero-order valence-electron chi connectivity index (χ0n) is 11.2. The second-order valence-corrected chi connectivity index (χ2v) is 5.19. The number of halogens is 1. The molecule has 0 bridgehead atoms. The molecule has 7 heteroatoms. The van der Waals surface area contributed by atoms with E-state index in [0.29, 0.717) is 17.7 Å². The van der Waals surface area contributed by atoms with Crippen LogP contribution in [0.5, 0.6) is 0 Å². The van der Waals surface area contributed by atoms with E-state index >= 15 is 0 Å². The largest absolute Gasteiger partial charge is 0.320 e. The molecule has 0 aliphatic rings. The molecule has 1 heterocycles. The number of nitrogens with zero attached hydrogens (tertiary/aromatic N) is 2. The standard InChI is InChI=1S/C14H12BrN3O3/c1-2-9-3-5-11(7-13(9)18(20)21)17-14(19)12-6-4-10(15)8-16-12/h3-8H,2H2,1H3,(H,17,19). The maximum Gasteiger partial charge on any atom is 0.274 e. The molecule has 2 rings (SSSR count). The lowest BCUT2D eigenvalue weighted by molar-refractivity contribution is -0.385. The van der Waals surface area contributed by atoms with E-state index in [4.69, 9.17) is 0 Å². The molecule has 0 saturated heterocycles. The lowest BCUT2D eigenvalue weighted by atomic mass is 10.1. The van der Waals surface area contributed by atoms with Crippen LogP contribution in [-0.2, 0) is 6.42 Å². The third-order valence-electron chi connectivity index (χ3n) is 2.88. The number of nitro benzene ring substituents is 1. The van der Waals surface area contributed by atoms with Crippen LogP contribution in [0.1, 0.15) is 23.0 Å². The zero-order chi connectivity index (χ0) is 15.4. The maximum absolute atomic E-state index is 12.0. The van der Waals surface area contributed by atoms with E-state index in [0.717, 1.165) is 4.47 Å². The fraction of sp³-hybridized carbons (Fsp3) is 0.143. The number of benzene rings is 1. The Balaban J connectivity index is 2.23. The first-order valence-electron chi connectivity index (χ1n) is 6.21. The topological polar surface area (TPSA) is 85.1 Å². The van der Waals surface area contributed by atoms with Crippen LogP contribution < -0.4 is 5.32 Å². The second kappa shape index (κ2) is 6.45. The average molecular weight is 350 g/mol. The molecular formula is C14H12BrN3O3. The van der Waals surface area contributed by atoms with Gasteiger partial charge < -0.3 is 5.32 Å². The lowest BCUT2D eigenvalue weighted by Crippen LogP contribution is -2.13. The predicted molar refractivity (Wildman–Crippen MR) is 82.4 cm³/mol. The van der Waals surface area contributed by atoms with Gasteiger partial charge in [0.05, 0.1) is 4.92 Å². The highest BCUT2D eigenvalue weighted by atomic mass is 79.9. The summed E-state index contributed by atoms with van der Waals surface area (Å²) in [6.45, 7) is 1.84. The van der Waals surface area contributed by atoms with E-state index in [1.807, 2.05) is 6.92 Å². The third kappa shape index (κ3) is 3.63. The minimum absolute atomic E-state index is 0.000865. The summed E-state index contributed by atoms with van der Waals surface area (Å²) < 4.78 is 0.766. The number of hydrogen-bond acceptors (Lipinski definition) is 4. The van der Waals surface area contributed by atoms with Gasteiger partial charge in [-0.3, -0.25) is 14.9 Å².